The molecule has 0 atom stereocenters. The number of anilines is 2. The SMILES string of the molecule is CC1(C)c2ccccc2-c2ccc(-c3ccc4c(c3)S(=O)(=O)N(c3ccccc3)c3c(-c5ccccc5)c5ccccc5n3-4)cc21. The molecule has 0 bridgehead atoms. The van der Waals surface area contributed by atoms with Gasteiger partial charge in [-0.1, -0.05) is 123 Å². The molecule has 1 aliphatic carbocycles. The molecular formula is C41H30N2O2S. The van der Waals surface area contributed by atoms with E-state index < -0.39 is 10.0 Å². The third kappa shape index (κ3) is 3.63. The Bertz CT molecular complexity index is 2460. The molecule has 2 heterocycles. The summed E-state index contributed by atoms with van der Waals surface area (Å²) in [5, 5.41) is 0.997. The molecule has 0 radical (unpaired) electrons. The van der Waals surface area contributed by atoms with Gasteiger partial charge in [0.2, 0.25) is 0 Å². The number of rotatable bonds is 3. The zero-order chi connectivity index (χ0) is 31.2. The highest BCUT2D eigenvalue weighted by Crippen LogP contribution is 2.52. The lowest BCUT2D eigenvalue weighted by atomic mass is 9.81. The number of benzene rings is 6. The van der Waals surface area contributed by atoms with E-state index in [1.807, 2.05) is 84.9 Å². The molecule has 1 aliphatic heterocycles. The van der Waals surface area contributed by atoms with Crippen LogP contribution in [0, 0.1) is 0 Å². The zero-order valence-corrected chi connectivity index (χ0v) is 26.3. The minimum Gasteiger partial charge on any atom is -0.293 e. The van der Waals surface area contributed by atoms with Crippen LogP contribution >= 0.6 is 0 Å². The van der Waals surface area contributed by atoms with Crippen molar-refractivity contribution in [3.63, 3.8) is 0 Å². The van der Waals surface area contributed by atoms with Gasteiger partial charge in [-0.3, -0.25) is 4.57 Å². The van der Waals surface area contributed by atoms with Gasteiger partial charge in [0.05, 0.1) is 16.9 Å². The molecule has 46 heavy (non-hydrogen) atoms. The maximum absolute atomic E-state index is 15.0. The predicted molar refractivity (Wildman–Crippen MR) is 187 cm³/mol. The molecule has 0 amide bonds. The van der Waals surface area contributed by atoms with Crippen LogP contribution in [0.3, 0.4) is 0 Å². The van der Waals surface area contributed by atoms with Crippen molar-refractivity contribution in [1.82, 2.24) is 4.57 Å². The normalized spacial score (nSPS) is 15.2. The summed E-state index contributed by atoms with van der Waals surface area (Å²) < 4.78 is 33.6. The Morgan fingerprint density at radius 1 is 0.565 bits per heavy atom. The van der Waals surface area contributed by atoms with Gasteiger partial charge in [0.25, 0.3) is 10.0 Å². The molecule has 0 saturated carbocycles. The molecule has 5 heteroatoms. The summed E-state index contributed by atoms with van der Waals surface area (Å²) in [6.45, 7) is 4.53. The average Bonchev–Trinajstić information content (AvgIpc) is 3.54. The molecule has 2 aliphatic rings. The molecule has 1 aromatic heterocycles. The van der Waals surface area contributed by atoms with Gasteiger partial charge in [-0.2, -0.15) is 0 Å². The molecule has 0 unspecified atom stereocenters. The first-order chi connectivity index (χ1) is 22.4. The van der Waals surface area contributed by atoms with E-state index in [1.165, 1.54) is 26.6 Å². The summed E-state index contributed by atoms with van der Waals surface area (Å²) in [5.74, 6) is 0.621. The second-order valence-corrected chi connectivity index (χ2v) is 14.4. The number of sulfonamides is 1. The van der Waals surface area contributed by atoms with Crippen LogP contribution in [-0.2, 0) is 15.4 Å². The number of aromatic nitrogens is 1. The summed E-state index contributed by atoms with van der Waals surface area (Å²) in [5.41, 5.74) is 10.8. The van der Waals surface area contributed by atoms with E-state index in [2.05, 4.69) is 79.1 Å². The molecule has 9 rings (SSSR count). The molecule has 0 fully saturated rings. The molecule has 0 spiro atoms. The fourth-order valence-corrected chi connectivity index (χ4v) is 9.25. The van der Waals surface area contributed by atoms with Gasteiger partial charge in [-0.25, -0.2) is 12.7 Å². The van der Waals surface area contributed by atoms with E-state index in [-0.39, 0.29) is 10.3 Å². The number of nitrogens with zero attached hydrogens (tertiary/aromatic N) is 2. The third-order valence-electron chi connectivity index (χ3n) is 9.73. The fourth-order valence-electron chi connectivity index (χ4n) is 7.56. The molecule has 7 aromatic rings. The van der Waals surface area contributed by atoms with Gasteiger partial charge in [0, 0.05) is 16.4 Å². The number of para-hydroxylation sites is 2. The number of fused-ring (bicyclic) bond motifs is 8. The van der Waals surface area contributed by atoms with Gasteiger partial charge < -0.3 is 0 Å². The van der Waals surface area contributed by atoms with E-state index in [9.17, 15) is 8.42 Å². The van der Waals surface area contributed by atoms with Crippen molar-refractivity contribution in [2.24, 2.45) is 0 Å². The van der Waals surface area contributed by atoms with E-state index in [0.29, 0.717) is 17.2 Å². The Morgan fingerprint density at radius 3 is 2.00 bits per heavy atom. The maximum atomic E-state index is 15.0. The van der Waals surface area contributed by atoms with Crippen LogP contribution in [0.2, 0.25) is 0 Å². The summed E-state index contributed by atoms with van der Waals surface area (Å²) in [7, 11) is -4.02. The first-order valence-electron chi connectivity index (χ1n) is 15.5. The lowest BCUT2D eigenvalue weighted by Gasteiger charge is -2.33. The second-order valence-electron chi connectivity index (χ2n) is 12.6. The van der Waals surface area contributed by atoms with Crippen molar-refractivity contribution < 1.29 is 8.42 Å². The molecule has 0 saturated heterocycles. The van der Waals surface area contributed by atoms with Gasteiger partial charge in [0.15, 0.2) is 0 Å². The third-order valence-corrected chi connectivity index (χ3v) is 11.5. The Balaban J connectivity index is 1.31. The standard InChI is InChI=1S/C41H30N2O2S/c1-41(2)34-19-11-9-17-31(34)32-23-21-28(25-35(32)41)29-22-24-37-38(26-29)46(44,45)43(30-15-7-4-8-16-30)40-39(27-13-5-3-6-14-27)33-18-10-12-20-36(33)42(37)40/h3-26H,1-2H3. The maximum Gasteiger partial charge on any atom is 0.271 e. The van der Waals surface area contributed by atoms with Crippen LogP contribution in [0.25, 0.3) is 50.0 Å². The quantitative estimate of drug-likeness (QED) is 0.199. The first kappa shape index (κ1) is 27.0. The predicted octanol–water partition coefficient (Wildman–Crippen LogP) is 10.1. The highest BCUT2D eigenvalue weighted by Gasteiger charge is 2.41. The largest absolute Gasteiger partial charge is 0.293 e. The van der Waals surface area contributed by atoms with Crippen molar-refractivity contribution in [2.45, 2.75) is 24.2 Å². The second kappa shape index (κ2) is 9.56. The molecular weight excluding hydrogens is 585 g/mol. The highest BCUT2D eigenvalue weighted by atomic mass is 32.2. The molecule has 4 nitrogen and oxygen atoms in total. The Morgan fingerprint density at radius 2 is 1.20 bits per heavy atom. The summed E-state index contributed by atoms with van der Waals surface area (Å²) in [6.07, 6.45) is 0. The Kier molecular flexibility index (Phi) is 5.60. The smallest absolute Gasteiger partial charge is 0.271 e. The van der Waals surface area contributed by atoms with Gasteiger partial charge in [-0.15, -0.1) is 0 Å². The number of hydrogen-bond donors (Lipinski definition) is 0. The molecule has 0 N–H and O–H groups in total. The van der Waals surface area contributed by atoms with E-state index in [1.54, 1.807) is 0 Å². The van der Waals surface area contributed by atoms with Crippen LogP contribution in [0.15, 0.2) is 150 Å². The van der Waals surface area contributed by atoms with E-state index in [0.717, 1.165) is 33.2 Å². The van der Waals surface area contributed by atoms with Gasteiger partial charge in [0.1, 0.15) is 10.7 Å². The number of hydrogen-bond acceptors (Lipinski definition) is 2. The Hall–Kier alpha value is -5.39. The van der Waals surface area contributed by atoms with Crippen LogP contribution in [-0.4, -0.2) is 13.0 Å². The van der Waals surface area contributed by atoms with Crippen molar-refractivity contribution in [3.8, 4) is 39.1 Å². The molecule has 222 valence electrons. The van der Waals surface area contributed by atoms with Crippen molar-refractivity contribution >= 4 is 32.4 Å². The highest BCUT2D eigenvalue weighted by molar-refractivity contribution is 7.93. The first-order valence-corrected chi connectivity index (χ1v) is 17.0. The summed E-state index contributed by atoms with van der Waals surface area (Å²) >= 11 is 0. The van der Waals surface area contributed by atoms with Crippen LogP contribution in [0.5, 0.6) is 0 Å². The van der Waals surface area contributed by atoms with Gasteiger partial charge in [-0.05, 0) is 75.3 Å². The van der Waals surface area contributed by atoms with Crippen molar-refractivity contribution in [2.75, 3.05) is 4.31 Å². The molecule has 6 aromatic carbocycles. The van der Waals surface area contributed by atoms with E-state index >= 15 is 0 Å². The Labute approximate surface area is 268 Å². The minimum atomic E-state index is -4.02. The van der Waals surface area contributed by atoms with Crippen molar-refractivity contribution in [3.05, 3.63) is 157 Å². The van der Waals surface area contributed by atoms with Crippen LogP contribution in [0.4, 0.5) is 11.5 Å². The summed E-state index contributed by atoms with van der Waals surface area (Å²) in [6, 6.07) is 48.7. The van der Waals surface area contributed by atoms with Crippen molar-refractivity contribution in [1.29, 1.82) is 0 Å². The van der Waals surface area contributed by atoms with Crippen LogP contribution < -0.4 is 4.31 Å². The topological polar surface area (TPSA) is 42.3 Å². The zero-order valence-electron chi connectivity index (χ0n) is 25.5. The fraction of sp³-hybridized carbons (Fsp3) is 0.0732. The lowest BCUT2D eigenvalue weighted by molar-refractivity contribution is 0.593. The summed E-state index contributed by atoms with van der Waals surface area (Å²) in [4.78, 5) is 0.282. The average molecular weight is 615 g/mol. The minimum absolute atomic E-state index is 0.154. The monoisotopic (exact) mass is 614 g/mol. The van der Waals surface area contributed by atoms with Crippen LogP contribution in [0.1, 0.15) is 25.0 Å². The van der Waals surface area contributed by atoms with E-state index in [4.69, 9.17) is 0 Å². The van der Waals surface area contributed by atoms with Gasteiger partial charge >= 0.3 is 0 Å². The lowest BCUT2D eigenvalue weighted by Crippen LogP contribution is -2.33.